The summed E-state index contributed by atoms with van der Waals surface area (Å²) in [6.07, 6.45) is 4.23. The third-order valence-electron chi connectivity index (χ3n) is 1.88. The topological polar surface area (TPSA) is 0 Å². The monoisotopic (exact) mass is 282 g/mol. The van der Waals surface area contributed by atoms with E-state index in [0.717, 1.165) is 9.51 Å². The lowest BCUT2D eigenvalue weighted by atomic mass is 10.0. The molecule has 1 aliphatic heterocycles. The molecule has 0 radical (unpaired) electrons. The van der Waals surface area contributed by atoms with E-state index in [1.807, 2.05) is 0 Å². The molecule has 0 amide bonds. The fourth-order valence-electron chi connectivity index (χ4n) is 1.27. The van der Waals surface area contributed by atoms with Gasteiger partial charge in [0.05, 0.1) is 15.3 Å². The molecule has 2 rings (SSSR count). The standard InChI is InChI=1S/C8H5BrCl2S/c9-5-3-4-1-2-12-8(4)7(11)6(5)10/h1-4,8H. The Morgan fingerprint density at radius 1 is 1.42 bits per heavy atom. The Hall–Kier alpha value is 0.630. The van der Waals surface area contributed by atoms with Crippen molar-refractivity contribution in [1.82, 2.24) is 0 Å². The van der Waals surface area contributed by atoms with Crippen LogP contribution in [0.2, 0.25) is 0 Å². The summed E-state index contributed by atoms with van der Waals surface area (Å²) >= 11 is 17.1. The minimum Gasteiger partial charge on any atom is -0.124 e. The largest absolute Gasteiger partial charge is 0.124 e. The molecule has 0 saturated carbocycles. The minimum atomic E-state index is 0.306. The van der Waals surface area contributed by atoms with Gasteiger partial charge >= 0.3 is 0 Å². The van der Waals surface area contributed by atoms with Crippen molar-refractivity contribution in [1.29, 1.82) is 0 Å². The van der Waals surface area contributed by atoms with Crippen LogP contribution in [-0.2, 0) is 0 Å². The highest BCUT2D eigenvalue weighted by atomic mass is 79.9. The second kappa shape index (κ2) is 3.41. The fourth-order valence-corrected chi connectivity index (χ4v) is 3.57. The van der Waals surface area contributed by atoms with Crippen molar-refractivity contribution in [3.63, 3.8) is 0 Å². The predicted molar refractivity (Wildman–Crippen MR) is 59.8 cm³/mol. The van der Waals surface area contributed by atoms with E-state index in [1.54, 1.807) is 11.8 Å². The number of allylic oxidation sites excluding steroid dienone is 4. The summed E-state index contributed by atoms with van der Waals surface area (Å²) in [5, 5.41) is 3.78. The molecule has 0 aromatic carbocycles. The van der Waals surface area contributed by atoms with E-state index in [2.05, 4.69) is 33.5 Å². The van der Waals surface area contributed by atoms with Crippen molar-refractivity contribution in [2.75, 3.05) is 0 Å². The summed E-state index contributed by atoms with van der Waals surface area (Å²) in [4.78, 5) is 0. The normalized spacial score (nSPS) is 33.8. The molecule has 2 aliphatic rings. The highest BCUT2D eigenvalue weighted by molar-refractivity contribution is 9.12. The van der Waals surface area contributed by atoms with E-state index in [1.165, 1.54) is 0 Å². The molecule has 0 bridgehead atoms. The Morgan fingerprint density at radius 2 is 2.17 bits per heavy atom. The summed E-state index contributed by atoms with van der Waals surface area (Å²) in [6.45, 7) is 0. The number of halogens is 3. The van der Waals surface area contributed by atoms with Crippen molar-refractivity contribution >= 4 is 50.9 Å². The van der Waals surface area contributed by atoms with Crippen LogP contribution < -0.4 is 0 Å². The van der Waals surface area contributed by atoms with Crippen LogP contribution in [0.1, 0.15) is 0 Å². The zero-order chi connectivity index (χ0) is 8.72. The first-order valence-corrected chi connectivity index (χ1v) is 5.94. The van der Waals surface area contributed by atoms with Crippen LogP contribution in [-0.4, -0.2) is 5.25 Å². The first-order chi connectivity index (χ1) is 5.70. The van der Waals surface area contributed by atoms with Crippen molar-refractivity contribution in [2.24, 2.45) is 5.92 Å². The molecule has 0 spiro atoms. The Kier molecular flexibility index (Phi) is 2.61. The molecule has 1 heterocycles. The zero-order valence-corrected chi connectivity index (χ0v) is 9.84. The maximum absolute atomic E-state index is 6.08. The quantitative estimate of drug-likeness (QED) is 0.642. The fraction of sp³-hybridized carbons (Fsp3) is 0.250. The summed E-state index contributed by atoms with van der Waals surface area (Å²) in [5.74, 6) is 0.402. The van der Waals surface area contributed by atoms with Crippen molar-refractivity contribution < 1.29 is 0 Å². The molecule has 0 nitrogen and oxygen atoms in total. The third kappa shape index (κ3) is 1.39. The molecule has 0 fully saturated rings. The molecular weight excluding hydrogens is 279 g/mol. The molecular formula is C8H5BrCl2S. The van der Waals surface area contributed by atoms with Gasteiger partial charge in [-0.15, -0.1) is 11.8 Å². The average molecular weight is 284 g/mol. The molecule has 12 heavy (non-hydrogen) atoms. The van der Waals surface area contributed by atoms with Crippen LogP contribution in [0.5, 0.6) is 0 Å². The van der Waals surface area contributed by atoms with Gasteiger partial charge in [0.15, 0.2) is 0 Å². The van der Waals surface area contributed by atoms with Crippen LogP contribution in [0.15, 0.2) is 32.1 Å². The van der Waals surface area contributed by atoms with Gasteiger partial charge in [-0.25, -0.2) is 0 Å². The molecule has 0 aromatic rings. The number of hydrogen-bond acceptors (Lipinski definition) is 1. The molecule has 64 valence electrons. The molecule has 0 saturated heterocycles. The van der Waals surface area contributed by atoms with Crippen molar-refractivity contribution in [3.05, 3.63) is 32.1 Å². The predicted octanol–water partition coefficient (Wildman–Crippen LogP) is 4.21. The van der Waals surface area contributed by atoms with Crippen LogP contribution in [0.3, 0.4) is 0 Å². The van der Waals surface area contributed by atoms with E-state index < -0.39 is 0 Å². The zero-order valence-electron chi connectivity index (χ0n) is 5.93. The smallest absolute Gasteiger partial charge is 0.0702 e. The molecule has 1 aliphatic carbocycles. The summed E-state index contributed by atoms with van der Waals surface area (Å²) in [7, 11) is 0. The Bertz CT molecular complexity index is 306. The SMILES string of the molecule is ClC1=C(Cl)C2SC=CC2C=C1Br. The van der Waals surface area contributed by atoms with Gasteiger partial charge in [-0.3, -0.25) is 0 Å². The van der Waals surface area contributed by atoms with Crippen LogP contribution in [0.4, 0.5) is 0 Å². The summed E-state index contributed by atoms with van der Waals surface area (Å²) in [5.41, 5.74) is 0. The molecule has 0 N–H and O–H groups in total. The average Bonchev–Trinajstić information content (AvgIpc) is 2.48. The first-order valence-electron chi connectivity index (χ1n) is 3.45. The molecule has 2 atom stereocenters. The lowest BCUT2D eigenvalue weighted by Gasteiger charge is -2.21. The molecule has 0 aromatic heterocycles. The van der Waals surface area contributed by atoms with Crippen molar-refractivity contribution in [2.45, 2.75) is 5.25 Å². The van der Waals surface area contributed by atoms with Crippen molar-refractivity contribution in [3.8, 4) is 0 Å². The lowest BCUT2D eigenvalue weighted by Crippen LogP contribution is -2.14. The second-order valence-corrected chi connectivity index (χ2v) is 5.33. The number of fused-ring (bicyclic) bond motifs is 1. The van der Waals surface area contributed by atoms with E-state index in [0.29, 0.717) is 16.2 Å². The van der Waals surface area contributed by atoms with Gasteiger partial charge in [-0.1, -0.05) is 35.4 Å². The first kappa shape index (κ1) is 9.20. The van der Waals surface area contributed by atoms with E-state index in [4.69, 9.17) is 23.2 Å². The Labute approximate surface area is 93.8 Å². The van der Waals surface area contributed by atoms with Crippen LogP contribution >= 0.6 is 50.9 Å². The summed E-state index contributed by atoms with van der Waals surface area (Å²) < 4.78 is 0.905. The van der Waals surface area contributed by atoms with E-state index >= 15 is 0 Å². The Morgan fingerprint density at radius 3 is 2.92 bits per heavy atom. The maximum atomic E-state index is 6.08. The maximum Gasteiger partial charge on any atom is 0.0702 e. The number of rotatable bonds is 0. The van der Waals surface area contributed by atoms with Gasteiger partial charge in [-0.05, 0) is 21.3 Å². The van der Waals surface area contributed by atoms with Gasteiger partial charge < -0.3 is 0 Å². The van der Waals surface area contributed by atoms with E-state index in [9.17, 15) is 0 Å². The highest BCUT2D eigenvalue weighted by Gasteiger charge is 2.31. The van der Waals surface area contributed by atoms with Gasteiger partial charge in [0.1, 0.15) is 0 Å². The van der Waals surface area contributed by atoms with E-state index in [-0.39, 0.29) is 0 Å². The van der Waals surface area contributed by atoms with Gasteiger partial charge in [-0.2, -0.15) is 0 Å². The molecule has 2 unspecified atom stereocenters. The minimum absolute atomic E-state index is 0.306. The Balaban J connectivity index is 2.41. The summed E-state index contributed by atoms with van der Waals surface area (Å²) in [6, 6.07) is 0. The van der Waals surface area contributed by atoms with Gasteiger partial charge in [0.2, 0.25) is 0 Å². The van der Waals surface area contributed by atoms with Crippen LogP contribution in [0, 0.1) is 5.92 Å². The highest BCUT2D eigenvalue weighted by Crippen LogP contribution is 2.46. The van der Waals surface area contributed by atoms with Gasteiger partial charge in [0.25, 0.3) is 0 Å². The van der Waals surface area contributed by atoms with Gasteiger partial charge in [0, 0.05) is 10.4 Å². The second-order valence-electron chi connectivity index (χ2n) is 2.64. The molecule has 4 heteroatoms. The number of thioether (sulfide) groups is 1. The number of hydrogen-bond donors (Lipinski definition) is 0. The third-order valence-corrected chi connectivity index (χ3v) is 4.99. The lowest BCUT2D eigenvalue weighted by molar-refractivity contribution is 0.841. The van der Waals surface area contributed by atoms with Crippen LogP contribution in [0.25, 0.3) is 0 Å².